The maximum Gasteiger partial charge on any atom is 0.169 e. The number of hydrogen-bond acceptors (Lipinski definition) is 4. The summed E-state index contributed by atoms with van der Waals surface area (Å²) in [4.78, 5) is 24.0. The molecule has 0 fully saturated rings. The fourth-order valence-corrected chi connectivity index (χ4v) is 3.01. The number of furan rings is 1. The highest BCUT2D eigenvalue weighted by atomic mass is 79.9. The van der Waals surface area contributed by atoms with Gasteiger partial charge in [0, 0.05) is 22.5 Å². The van der Waals surface area contributed by atoms with Crippen molar-refractivity contribution >= 4 is 27.5 Å². The molecule has 0 bridgehead atoms. The first-order valence-electron chi connectivity index (χ1n) is 6.28. The largest absolute Gasteiger partial charge is 0.453 e. The number of carbonyl (C=O) groups is 2. The van der Waals surface area contributed by atoms with E-state index in [1.54, 1.807) is 12.1 Å². The average molecular weight is 338 g/mol. The van der Waals surface area contributed by atoms with Gasteiger partial charge in [-0.1, -0.05) is 0 Å². The third-order valence-corrected chi connectivity index (χ3v) is 3.82. The normalized spacial score (nSPS) is 16.4. The number of nitrogens with one attached hydrogen (secondary N) is 1. The molecule has 1 N–H and O–H groups in total. The van der Waals surface area contributed by atoms with Crippen LogP contribution in [0.25, 0.3) is 0 Å². The Morgan fingerprint density at radius 3 is 1.95 bits per heavy atom. The van der Waals surface area contributed by atoms with Crippen molar-refractivity contribution in [3.8, 4) is 0 Å². The van der Waals surface area contributed by atoms with E-state index in [2.05, 4.69) is 21.2 Å². The maximum atomic E-state index is 12.0. The molecule has 0 saturated heterocycles. The van der Waals surface area contributed by atoms with Crippen LogP contribution in [0.5, 0.6) is 0 Å². The molecule has 1 aromatic heterocycles. The lowest BCUT2D eigenvalue weighted by molar-refractivity contribution is -0.114. The predicted octanol–water partition coefficient (Wildman–Crippen LogP) is 3.45. The summed E-state index contributed by atoms with van der Waals surface area (Å²) >= 11 is 3.26. The molecule has 2 heterocycles. The van der Waals surface area contributed by atoms with Crippen molar-refractivity contribution in [2.45, 2.75) is 33.6 Å². The Morgan fingerprint density at radius 2 is 1.60 bits per heavy atom. The molecule has 1 aliphatic heterocycles. The summed E-state index contributed by atoms with van der Waals surface area (Å²) in [6.45, 7) is 6.68. The van der Waals surface area contributed by atoms with Crippen LogP contribution in [0.15, 0.2) is 43.8 Å². The Hall–Kier alpha value is -1.62. The smallest absolute Gasteiger partial charge is 0.169 e. The van der Waals surface area contributed by atoms with Gasteiger partial charge in [-0.2, -0.15) is 0 Å². The van der Waals surface area contributed by atoms with Crippen LogP contribution in [0.4, 0.5) is 0 Å². The molecule has 106 valence electrons. The van der Waals surface area contributed by atoms with Crippen molar-refractivity contribution in [3.63, 3.8) is 0 Å². The topological polar surface area (TPSA) is 59.3 Å². The highest BCUT2D eigenvalue weighted by molar-refractivity contribution is 9.10. The zero-order valence-electron chi connectivity index (χ0n) is 11.8. The van der Waals surface area contributed by atoms with Crippen LogP contribution < -0.4 is 5.32 Å². The molecule has 0 amide bonds. The average Bonchev–Trinajstić information content (AvgIpc) is 2.73. The van der Waals surface area contributed by atoms with Crippen molar-refractivity contribution < 1.29 is 14.0 Å². The number of hydrogen-bond donors (Lipinski definition) is 1. The van der Waals surface area contributed by atoms with Gasteiger partial charge in [0.25, 0.3) is 0 Å². The van der Waals surface area contributed by atoms with Gasteiger partial charge in [-0.25, -0.2) is 0 Å². The first kappa shape index (κ1) is 14.8. The number of halogens is 1. The molecule has 5 heteroatoms. The zero-order chi connectivity index (χ0) is 15.0. The van der Waals surface area contributed by atoms with Gasteiger partial charge in [0.05, 0.1) is 5.92 Å². The van der Waals surface area contributed by atoms with Crippen LogP contribution in [0.3, 0.4) is 0 Å². The van der Waals surface area contributed by atoms with Crippen molar-refractivity contribution in [1.29, 1.82) is 0 Å². The monoisotopic (exact) mass is 337 g/mol. The maximum absolute atomic E-state index is 12.0. The second-order valence-electron chi connectivity index (χ2n) is 4.89. The molecule has 0 unspecified atom stereocenters. The summed E-state index contributed by atoms with van der Waals surface area (Å²) in [6, 6.07) is 3.55. The fraction of sp³-hybridized carbons (Fsp3) is 0.333. The van der Waals surface area contributed by atoms with Crippen LogP contribution in [0.2, 0.25) is 0 Å². The van der Waals surface area contributed by atoms with Gasteiger partial charge in [0.2, 0.25) is 0 Å². The van der Waals surface area contributed by atoms with Gasteiger partial charge >= 0.3 is 0 Å². The van der Waals surface area contributed by atoms with Crippen LogP contribution in [-0.4, -0.2) is 11.6 Å². The molecular formula is C15H16BrNO3. The molecule has 0 aliphatic carbocycles. The summed E-state index contributed by atoms with van der Waals surface area (Å²) in [7, 11) is 0. The minimum Gasteiger partial charge on any atom is -0.453 e. The first-order chi connectivity index (χ1) is 9.32. The van der Waals surface area contributed by atoms with E-state index in [1.807, 2.05) is 13.8 Å². The van der Waals surface area contributed by atoms with E-state index in [0.717, 1.165) is 11.4 Å². The summed E-state index contributed by atoms with van der Waals surface area (Å²) in [5.74, 6) is 0.00238. The lowest BCUT2D eigenvalue weighted by Gasteiger charge is -2.28. The fourth-order valence-electron chi connectivity index (χ4n) is 2.70. The molecule has 0 saturated carbocycles. The molecule has 1 aromatic rings. The molecule has 1 aliphatic rings. The Morgan fingerprint density at radius 1 is 1.10 bits per heavy atom. The van der Waals surface area contributed by atoms with Crippen molar-refractivity contribution in [1.82, 2.24) is 5.32 Å². The lowest BCUT2D eigenvalue weighted by atomic mass is 9.80. The summed E-state index contributed by atoms with van der Waals surface area (Å²) < 4.78 is 6.17. The molecule has 0 atom stereocenters. The molecule has 4 nitrogen and oxygen atoms in total. The molecular weight excluding hydrogens is 322 g/mol. The lowest BCUT2D eigenvalue weighted by Crippen LogP contribution is -2.29. The van der Waals surface area contributed by atoms with Gasteiger partial charge in [-0.15, -0.1) is 0 Å². The molecule has 0 radical (unpaired) electrons. The summed E-state index contributed by atoms with van der Waals surface area (Å²) in [5.41, 5.74) is 2.67. The van der Waals surface area contributed by atoms with E-state index < -0.39 is 5.92 Å². The Kier molecular flexibility index (Phi) is 3.99. The predicted molar refractivity (Wildman–Crippen MR) is 79.0 cm³/mol. The molecule has 0 spiro atoms. The van der Waals surface area contributed by atoms with Gasteiger partial charge in [-0.05, 0) is 55.8 Å². The second-order valence-corrected chi connectivity index (χ2v) is 5.67. The van der Waals surface area contributed by atoms with E-state index in [4.69, 9.17) is 4.42 Å². The number of allylic oxidation sites excluding steroid dienone is 4. The quantitative estimate of drug-likeness (QED) is 0.917. The Balaban J connectivity index is 2.67. The number of dihydropyridines is 1. The minimum atomic E-state index is -0.447. The van der Waals surface area contributed by atoms with Crippen molar-refractivity contribution in [2.75, 3.05) is 0 Å². The Labute approximate surface area is 126 Å². The zero-order valence-corrected chi connectivity index (χ0v) is 13.4. The molecule has 0 aromatic carbocycles. The second kappa shape index (κ2) is 5.40. The Bertz CT molecular complexity index is 616. The third-order valence-electron chi connectivity index (χ3n) is 3.40. The first-order valence-corrected chi connectivity index (χ1v) is 7.08. The van der Waals surface area contributed by atoms with Crippen molar-refractivity contribution in [2.24, 2.45) is 0 Å². The van der Waals surface area contributed by atoms with E-state index >= 15 is 0 Å². The van der Waals surface area contributed by atoms with Gasteiger partial charge < -0.3 is 9.73 Å². The standard InChI is InChI=1S/C15H16BrNO3/c1-7-13(9(3)18)15(11-5-6-12(16)20-11)14(10(4)19)8(2)17-7/h5-6,15,17H,1-4H3. The molecule has 2 rings (SSSR count). The van der Waals surface area contributed by atoms with E-state index in [1.165, 1.54) is 13.8 Å². The highest BCUT2D eigenvalue weighted by Gasteiger charge is 2.35. The highest BCUT2D eigenvalue weighted by Crippen LogP contribution is 2.39. The number of ketones is 2. The van der Waals surface area contributed by atoms with Gasteiger partial charge in [-0.3, -0.25) is 9.59 Å². The van der Waals surface area contributed by atoms with Gasteiger partial charge in [0.15, 0.2) is 16.2 Å². The van der Waals surface area contributed by atoms with Crippen LogP contribution in [0.1, 0.15) is 39.4 Å². The van der Waals surface area contributed by atoms with E-state index in [-0.39, 0.29) is 11.6 Å². The summed E-state index contributed by atoms with van der Waals surface area (Å²) in [6.07, 6.45) is 0. The van der Waals surface area contributed by atoms with Gasteiger partial charge in [0.1, 0.15) is 5.76 Å². The number of Topliss-reactive ketones (excluding diaryl/α,β-unsaturated/α-hetero) is 2. The third kappa shape index (κ3) is 2.50. The van der Waals surface area contributed by atoms with Crippen LogP contribution in [0, 0.1) is 0 Å². The number of carbonyl (C=O) groups excluding carboxylic acids is 2. The minimum absolute atomic E-state index is 0.0706. The SMILES string of the molecule is CC(=O)C1=C(C)NC(C)=C(C(C)=O)C1c1ccc(Br)o1. The van der Waals surface area contributed by atoms with E-state index in [9.17, 15) is 9.59 Å². The summed E-state index contributed by atoms with van der Waals surface area (Å²) in [5, 5.41) is 3.11. The molecule has 20 heavy (non-hydrogen) atoms. The van der Waals surface area contributed by atoms with Crippen LogP contribution in [-0.2, 0) is 9.59 Å². The van der Waals surface area contributed by atoms with Crippen molar-refractivity contribution in [3.05, 3.63) is 45.1 Å². The number of rotatable bonds is 3. The van der Waals surface area contributed by atoms with E-state index in [0.29, 0.717) is 21.6 Å². The van der Waals surface area contributed by atoms with Crippen LogP contribution >= 0.6 is 15.9 Å².